The summed E-state index contributed by atoms with van der Waals surface area (Å²) in [6.07, 6.45) is 2.87. The third kappa shape index (κ3) is 4.83. The number of sulfonamides is 1. The molecule has 1 amide bonds. The van der Waals surface area contributed by atoms with E-state index in [9.17, 15) is 13.2 Å². The second-order valence-electron chi connectivity index (χ2n) is 7.15. The number of aryl methyl sites for hydroxylation is 2. The molecule has 8 heteroatoms. The molecule has 0 saturated carbocycles. The van der Waals surface area contributed by atoms with Gasteiger partial charge in [0.15, 0.2) is 11.9 Å². The number of benzene rings is 1. The Morgan fingerprint density at radius 3 is 2.66 bits per heavy atom. The van der Waals surface area contributed by atoms with Gasteiger partial charge in [-0.25, -0.2) is 8.42 Å². The van der Waals surface area contributed by atoms with E-state index in [4.69, 9.17) is 4.74 Å². The topological polar surface area (TPSA) is 79.6 Å². The predicted octanol–water partition coefficient (Wildman–Crippen LogP) is 2.07. The first-order chi connectivity index (χ1) is 13.8. The van der Waals surface area contributed by atoms with Crippen LogP contribution in [0.5, 0.6) is 0 Å². The molecule has 1 aromatic heterocycles. The fraction of sp³-hybridized carbons (Fsp3) is 0.429. The molecular weight excluding hydrogens is 390 g/mol. The smallest absolute Gasteiger partial charge is 0.293 e. The van der Waals surface area contributed by atoms with Crippen molar-refractivity contribution in [2.24, 2.45) is 0 Å². The van der Waals surface area contributed by atoms with Gasteiger partial charge in [-0.3, -0.25) is 4.79 Å². The lowest BCUT2D eigenvalue weighted by Crippen LogP contribution is -2.47. The molecule has 1 aliphatic heterocycles. The van der Waals surface area contributed by atoms with Crippen LogP contribution in [-0.2, 0) is 26.0 Å². The summed E-state index contributed by atoms with van der Waals surface area (Å²) in [7, 11) is -3.61. The van der Waals surface area contributed by atoms with Gasteiger partial charge in [0.05, 0.1) is 18.1 Å². The highest BCUT2D eigenvalue weighted by molar-refractivity contribution is 7.89. The van der Waals surface area contributed by atoms with Crippen molar-refractivity contribution in [3.8, 4) is 0 Å². The number of amides is 1. The van der Waals surface area contributed by atoms with Crippen molar-refractivity contribution in [1.82, 2.24) is 4.31 Å². The number of anilines is 1. The molecule has 156 valence electrons. The van der Waals surface area contributed by atoms with Crippen LogP contribution in [0.4, 0.5) is 5.69 Å². The summed E-state index contributed by atoms with van der Waals surface area (Å²) in [4.78, 5) is 13.0. The molecule has 0 bridgehead atoms. The van der Waals surface area contributed by atoms with Crippen LogP contribution in [0, 0.1) is 6.92 Å². The van der Waals surface area contributed by atoms with Crippen LogP contribution in [0.1, 0.15) is 31.1 Å². The van der Waals surface area contributed by atoms with Crippen molar-refractivity contribution in [3.05, 3.63) is 53.9 Å². The number of nitrogens with zero attached hydrogens (tertiary/aromatic N) is 2. The van der Waals surface area contributed by atoms with E-state index in [1.165, 1.54) is 10.4 Å². The lowest BCUT2D eigenvalue weighted by molar-refractivity contribution is -0.711. The van der Waals surface area contributed by atoms with Gasteiger partial charge < -0.3 is 10.1 Å². The van der Waals surface area contributed by atoms with Gasteiger partial charge in [-0.1, -0.05) is 13.0 Å². The van der Waals surface area contributed by atoms with E-state index >= 15 is 0 Å². The number of hydrogen-bond donors (Lipinski definition) is 1. The Bertz CT molecular complexity index is 985. The molecule has 0 radical (unpaired) electrons. The van der Waals surface area contributed by atoms with Crippen molar-refractivity contribution >= 4 is 21.6 Å². The van der Waals surface area contributed by atoms with Crippen LogP contribution < -0.4 is 9.88 Å². The van der Waals surface area contributed by atoms with E-state index in [-0.39, 0.29) is 10.8 Å². The first-order valence-corrected chi connectivity index (χ1v) is 11.3. The van der Waals surface area contributed by atoms with Gasteiger partial charge in [-0.05, 0) is 30.7 Å². The zero-order chi connectivity index (χ0) is 21.0. The van der Waals surface area contributed by atoms with Gasteiger partial charge in [-0.15, -0.1) is 0 Å². The molecule has 1 N–H and O–H groups in total. The van der Waals surface area contributed by atoms with Crippen molar-refractivity contribution in [2.75, 3.05) is 31.6 Å². The molecule has 1 aliphatic rings. The standard InChI is InChI=1S/C21H27N3O4S/c1-4-18-9-8-16(2)24(15-18)17(3)21(25)22-19-6-5-7-20(14-19)29(26,27)23-10-12-28-13-11-23/h5-9,14-15,17H,4,10-13H2,1-3H3/p+1/t17-/m1/s1. The lowest BCUT2D eigenvalue weighted by atomic mass is 10.2. The van der Waals surface area contributed by atoms with Gasteiger partial charge in [0, 0.05) is 44.3 Å². The molecular formula is C21H28N3O4S+. The summed E-state index contributed by atoms with van der Waals surface area (Å²) in [6.45, 7) is 7.30. The molecule has 7 nitrogen and oxygen atoms in total. The number of nitrogens with one attached hydrogen (secondary N) is 1. The minimum absolute atomic E-state index is 0.168. The van der Waals surface area contributed by atoms with Crippen LogP contribution in [0.15, 0.2) is 47.5 Å². The van der Waals surface area contributed by atoms with Gasteiger partial charge in [0.25, 0.3) is 5.91 Å². The van der Waals surface area contributed by atoms with Gasteiger partial charge >= 0.3 is 0 Å². The summed E-state index contributed by atoms with van der Waals surface area (Å²) in [6, 6.07) is 10.0. The average molecular weight is 419 g/mol. The number of carbonyl (C=O) groups is 1. The van der Waals surface area contributed by atoms with E-state index in [0.29, 0.717) is 32.0 Å². The number of ether oxygens (including phenoxy) is 1. The third-order valence-corrected chi connectivity index (χ3v) is 7.06. The largest absolute Gasteiger partial charge is 0.379 e. The predicted molar refractivity (Wildman–Crippen MR) is 110 cm³/mol. The van der Waals surface area contributed by atoms with Crippen molar-refractivity contribution in [2.45, 2.75) is 38.1 Å². The number of carbonyl (C=O) groups excluding carboxylic acids is 1. The number of rotatable bonds is 6. The zero-order valence-electron chi connectivity index (χ0n) is 17.1. The second-order valence-corrected chi connectivity index (χ2v) is 9.09. The Morgan fingerprint density at radius 2 is 1.97 bits per heavy atom. The van der Waals surface area contributed by atoms with Gasteiger partial charge in [-0.2, -0.15) is 8.87 Å². The molecule has 0 spiro atoms. The summed E-state index contributed by atoms with van der Waals surface area (Å²) in [5.74, 6) is -0.202. The van der Waals surface area contributed by atoms with Crippen molar-refractivity contribution in [1.29, 1.82) is 0 Å². The average Bonchev–Trinajstić information content (AvgIpc) is 2.74. The van der Waals surface area contributed by atoms with E-state index in [0.717, 1.165) is 17.7 Å². The van der Waals surface area contributed by atoms with Crippen LogP contribution in [0.2, 0.25) is 0 Å². The number of aromatic nitrogens is 1. The van der Waals surface area contributed by atoms with E-state index in [1.807, 2.05) is 30.7 Å². The molecule has 0 unspecified atom stereocenters. The van der Waals surface area contributed by atoms with E-state index in [2.05, 4.69) is 18.3 Å². The first-order valence-electron chi connectivity index (χ1n) is 9.82. The zero-order valence-corrected chi connectivity index (χ0v) is 17.9. The summed E-state index contributed by atoms with van der Waals surface area (Å²) in [5.41, 5.74) is 2.59. The molecule has 3 rings (SSSR count). The maximum atomic E-state index is 12.8. The van der Waals surface area contributed by atoms with Gasteiger partial charge in [0.1, 0.15) is 0 Å². The fourth-order valence-corrected chi connectivity index (χ4v) is 4.76. The highest BCUT2D eigenvalue weighted by Crippen LogP contribution is 2.21. The maximum Gasteiger partial charge on any atom is 0.293 e. The summed E-state index contributed by atoms with van der Waals surface area (Å²) < 4.78 is 34.3. The fourth-order valence-electron chi connectivity index (χ4n) is 3.31. The van der Waals surface area contributed by atoms with Crippen LogP contribution >= 0.6 is 0 Å². The third-order valence-electron chi connectivity index (χ3n) is 5.17. The molecule has 1 saturated heterocycles. The molecule has 2 aromatic rings. The first kappa shape index (κ1) is 21.4. The van der Waals surface area contributed by atoms with Crippen LogP contribution in [-0.4, -0.2) is 44.9 Å². The Balaban J connectivity index is 1.78. The summed E-state index contributed by atoms with van der Waals surface area (Å²) >= 11 is 0. The molecule has 1 fully saturated rings. The molecule has 29 heavy (non-hydrogen) atoms. The minimum Gasteiger partial charge on any atom is -0.379 e. The SMILES string of the molecule is CCc1ccc(C)[n+]([C@H](C)C(=O)Nc2cccc(S(=O)(=O)N3CCOCC3)c2)c1. The Hall–Kier alpha value is -2.29. The lowest BCUT2D eigenvalue weighted by Gasteiger charge is -2.26. The van der Waals surface area contributed by atoms with Crippen LogP contribution in [0.25, 0.3) is 0 Å². The van der Waals surface area contributed by atoms with E-state index < -0.39 is 16.1 Å². The normalized spacial score (nSPS) is 16.4. The monoisotopic (exact) mass is 418 g/mol. The minimum atomic E-state index is -3.61. The van der Waals surface area contributed by atoms with Gasteiger partial charge in [0.2, 0.25) is 16.1 Å². The Labute approximate surface area is 172 Å². The molecule has 0 aliphatic carbocycles. The summed E-state index contributed by atoms with van der Waals surface area (Å²) in [5, 5.41) is 2.85. The van der Waals surface area contributed by atoms with Crippen molar-refractivity contribution in [3.63, 3.8) is 0 Å². The quantitative estimate of drug-likeness (QED) is 0.729. The van der Waals surface area contributed by atoms with Crippen LogP contribution in [0.3, 0.4) is 0 Å². The molecule has 1 atom stereocenters. The Morgan fingerprint density at radius 1 is 1.24 bits per heavy atom. The molecule has 1 aromatic carbocycles. The highest BCUT2D eigenvalue weighted by Gasteiger charge is 2.28. The highest BCUT2D eigenvalue weighted by atomic mass is 32.2. The number of pyridine rings is 1. The molecule has 2 heterocycles. The van der Waals surface area contributed by atoms with E-state index in [1.54, 1.807) is 18.2 Å². The number of morpholine rings is 1. The second kappa shape index (κ2) is 9.02. The van der Waals surface area contributed by atoms with Crippen molar-refractivity contribution < 1.29 is 22.5 Å². The Kier molecular flexibility index (Phi) is 6.66. The number of hydrogen-bond acceptors (Lipinski definition) is 4. The maximum absolute atomic E-state index is 12.8.